The third kappa shape index (κ3) is 1.79. The van der Waals surface area contributed by atoms with Crippen molar-refractivity contribution in [2.45, 2.75) is 13.3 Å². The van der Waals surface area contributed by atoms with Gasteiger partial charge in [0, 0.05) is 12.0 Å². The molecule has 0 radical (unpaired) electrons. The van der Waals surface area contributed by atoms with Crippen LogP contribution in [0.3, 0.4) is 0 Å². The summed E-state index contributed by atoms with van der Waals surface area (Å²) in [4.78, 5) is 4.11. The Morgan fingerprint density at radius 1 is 1.33 bits per heavy atom. The third-order valence-electron chi connectivity index (χ3n) is 2.18. The summed E-state index contributed by atoms with van der Waals surface area (Å²) in [5, 5.41) is 9.17. The van der Waals surface area contributed by atoms with Crippen molar-refractivity contribution in [3.63, 3.8) is 0 Å². The molecule has 0 amide bonds. The number of aromatic nitrogens is 1. The zero-order chi connectivity index (χ0) is 10.8. The van der Waals surface area contributed by atoms with Gasteiger partial charge in [0.1, 0.15) is 17.2 Å². The molecule has 15 heavy (non-hydrogen) atoms. The number of phenols is 1. The summed E-state index contributed by atoms with van der Waals surface area (Å²) < 4.78 is 5.25. The van der Waals surface area contributed by atoms with E-state index >= 15 is 0 Å². The first-order valence-corrected chi connectivity index (χ1v) is 4.75. The van der Waals surface area contributed by atoms with E-state index < -0.39 is 0 Å². The van der Waals surface area contributed by atoms with Crippen molar-refractivity contribution in [2.24, 2.45) is 0 Å². The van der Waals surface area contributed by atoms with Crippen molar-refractivity contribution >= 4 is 6.01 Å². The zero-order valence-corrected chi connectivity index (χ0v) is 8.40. The smallest absolute Gasteiger partial charge is 0.292 e. The predicted molar refractivity (Wildman–Crippen MR) is 57.4 cm³/mol. The molecule has 0 bridgehead atoms. The van der Waals surface area contributed by atoms with Crippen LogP contribution in [0.25, 0.3) is 11.3 Å². The van der Waals surface area contributed by atoms with E-state index in [4.69, 9.17) is 15.3 Å². The van der Waals surface area contributed by atoms with Crippen molar-refractivity contribution in [2.75, 3.05) is 5.73 Å². The van der Waals surface area contributed by atoms with Crippen LogP contribution in [0.2, 0.25) is 0 Å². The summed E-state index contributed by atoms with van der Waals surface area (Å²) >= 11 is 0. The molecule has 2 rings (SSSR count). The molecule has 0 aliphatic heterocycles. The Hall–Kier alpha value is -1.97. The fourth-order valence-corrected chi connectivity index (χ4v) is 1.45. The highest BCUT2D eigenvalue weighted by Crippen LogP contribution is 2.26. The molecule has 3 N–H and O–H groups in total. The summed E-state index contributed by atoms with van der Waals surface area (Å²) in [6, 6.07) is 6.96. The molecule has 0 saturated carbocycles. The van der Waals surface area contributed by atoms with Gasteiger partial charge >= 0.3 is 0 Å². The Bertz CT molecular complexity index is 460. The Morgan fingerprint density at radius 2 is 2.00 bits per heavy atom. The molecule has 0 atom stereocenters. The van der Waals surface area contributed by atoms with E-state index in [0.29, 0.717) is 0 Å². The highest BCUT2D eigenvalue weighted by molar-refractivity contribution is 5.63. The van der Waals surface area contributed by atoms with Gasteiger partial charge in [-0.2, -0.15) is 4.98 Å². The molecule has 4 nitrogen and oxygen atoms in total. The monoisotopic (exact) mass is 204 g/mol. The summed E-state index contributed by atoms with van der Waals surface area (Å²) in [6.45, 7) is 1.98. The third-order valence-corrected chi connectivity index (χ3v) is 2.18. The lowest BCUT2D eigenvalue weighted by Gasteiger charge is -1.98. The van der Waals surface area contributed by atoms with Gasteiger partial charge in [0.25, 0.3) is 6.01 Å². The molecule has 2 aromatic rings. The molecule has 0 saturated heterocycles. The van der Waals surface area contributed by atoms with Crippen LogP contribution in [0.5, 0.6) is 5.75 Å². The predicted octanol–water partition coefficient (Wildman–Crippen LogP) is 2.19. The standard InChI is InChI=1S/C11H12N2O2/c1-2-9-10(13-11(12)15-9)7-3-5-8(14)6-4-7/h3-6,14H,2H2,1H3,(H2,12,13). The summed E-state index contributed by atoms with van der Waals surface area (Å²) in [7, 11) is 0. The minimum atomic E-state index is 0.176. The quantitative estimate of drug-likeness (QED) is 0.786. The van der Waals surface area contributed by atoms with E-state index in [2.05, 4.69) is 4.98 Å². The molecule has 0 fully saturated rings. The number of hydrogen-bond acceptors (Lipinski definition) is 4. The largest absolute Gasteiger partial charge is 0.508 e. The maximum absolute atomic E-state index is 9.17. The lowest BCUT2D eigenvalue weighted by atomic mass is 10.1. The second-order valence-corrected chi connectivity index (χ2v) is 3.22. The average Bonchev–Trinajstić information content (AvgIpc) is 2.61. The molecular formula is C11H12N2O2. The van der Waals surface area contributed by atoms with Crippen LogP contribution in [-0.4, -0.2) is 10.1 Å². The van der Waals surface area contributed by atoms with E-state index in [1.54, 1.807) is 24.3 Å². The summed E-state index contributed by atoms with van der Waals surface area (Å²) in [5.74, 6) is 0.992. The van der Waals surface area contributed by atoms with Gasteiger partial charge in [0.05, 0.1) is 0 Å². The van der Waals surface area contributed by atoms with E-state index in [-0.39, 0.29) is 11.8 Å². The second-order valence-electron chi connectivity index (χ2n) is 3.22. The van der Waals surface area contributed by atoms with Crippen LogP contribution < -0.4 is 5.73 Å². The number of aromatic hydroxyl groups is 1. The molecule has 1 aromatic carbocycles. The van der Waals surface area contributed by atoms with Crippen molar-refractivity contribution < 1.29 is 9.52 Å². The van der Waals surface area contributed by atoms with Gasteiger partial charge in [-0.3, -0.25) is 0 Å². The van der Waals surface area contributed by atoms with Crippen LogP contribution in [0.15, 0.2) is 28.7 Å². The molecule has 78 valence electrons. The van der Waals surface area contributed by atoms with Crippen LogP contribution in [-0.2, 0) is 6.42 Å². The van der Waals surface area contributed by atoms with Crippen molar-refractivity contribution in [1.82, 2.24) is 4.98 Å². The van der Waals surface area contributed by atoms with Gasteiger partial charge in [0.15, 0.2) is 0 Å². The lowest BCUT2D eigenvalue weighted by Crippen LogP contribution is -1.84. The van der Waals surface area contributed by atoms with Crippen LogP contribution in [0.1, 0.15) is 12.7 Å². The Morgan fingerprint density at radius 3 is 2.60 bits per heavy atom. The van der Waals surface area contributed by atoms with Gasteiger partial charge in [-0.1, -0.05) is 6.92 Å². The first-order chi connectivity index (χ1) is 7.20. The topological polar surface area (TPSA) is 72.3 Å². The highest BCUT2D eigenvalue weighted by atomic mass is 16.4. The van der Waals surface area contributed by atoms with Gasteiger partial charge in [-0.05, 0) is 24.3 Å². The minimum absolute atomic E-state index is 0.176. The zero-order valence-electron chi connectivity index (χ0n) is 8.40. The summed E-state index contributed by atoms with van der Waals surface area (Å²) in [6.07, 6.45) is 0.737. The average molecular weight is 204 g/mol. The number of nitrogen functional groups attached to an aromatic ring is 1. The Labute approximate surface area is 87.4 Å². The van der Waals surface area contributed by atoms with Crippen LogP contribution in [0, 0.1) is 0 Å². The van der Waals surface area contributed by atoms with E-state index in [1.807, 2.05) is 6.92 Å². The van der Waals surface area contributed by atoms with E-state index in [0.717, 1.165) is 23.4 Å². The minimum Gasteiger partial charge on any atom is -0.508 e. The van der Waals surface area contributed by atoms with Crippen LogP contribution >= 0.6 is 0 Å². The SMILES string of the molecule is CCc1oc(N)nc1-c1ccc(O)cc1. The Balaban J connectivity index is 2.48. The molecule has 0 unspecified atom stereocenters. The van der Waals surface area contributed by atoms with Gasteiger partial charge in [0.2, 0.25) is 0 Å². The summed E-state index contributed by atoms with van der Waals surface area (Å²) in [5.41, 5.74) is 7.13. The maximum Gasteiger partial charge on any atom is 0.292 e. The molecule has 0 aliphatic rings. The second kappa shape index (κ2) is 3.65. The molecular weight excluding hydrogens is 192 g/mol. The number of aryl methyl sites for hydroxylation is 1. The molecule has 1 aromatic heterocycles. The van der Waals surface area contributed by atoms with Gasteiger partial charge in [-0.15, -0.1) is 0 Å². The van der Waals surface area contributed by atoms with Crippen molar-refractivity contribution in [1.29, 1.82) is 0 Å². The molecule has 0 aliphatic carbocycles. The number of phenolic OH excluding ortho intramolecular Hbond substituents is 1. The van der Waals surface area contributed by atoms with Crippen molar-refractivity contribution in [3.05, 3.63) is 30.0 Å². The first kappa shape index (κ1) is 9.58. The first-order valence-electron chi connectivity index (χ1n) is 4.75. The normalized spacial score (nSPS) is 10.5. The number of rotatable bonds is 2. The molecule has 0 spiro atoms. The van der Waals surface area contributed by atoms with E-state index in [9.17, 15) is 0 Å². The number of oxazole rings is 1. The van der Waals surface area contributed by atoms with Gasteiger partial charge < -0.3 is 15.3 Å². The van der Waals surface area contributed by atoms with Crippen molar-refractivity contribution in [3.8, 4) is 17.0 Å². The molecule has 1 heterocycles. The van der Waals surface area contributed by atoms with E-state index in [1.165, 1.54) is 0 Å². The Kier molecular flexibility index (Phi) is 2.33. The fourth-order valence-electron chi connectivity index (χ4n) is 1.45. The number of nitrogens with zero attached hydrogens (tertiary/aromatic N) is 1. The highest BCUT2D eigenvalue weighted by Gasteiger charge is 2.11. The van der Waals surface area contributed by atoms with Crippen LogP contribution in [0.4, 0.5) is 6.01 Å². The number of hydrogen-bond donors (Lipinski definition) is 2. The number of benzene rings is 1. The van der Waals surface area contributed by atoms with Gasteiger partial charge in [-0.25, -0.2) is 0 Å². The molecule has 4 heteroatoms. The number of anilines is 1. The lowest BCUT2D eigenvalue weighted by molar-refractivity contribution is 0.475. The number of nitrogens with two attached hydrogens (primary N) is 1. The fraction of sp³-hybridized carbons (Fsp3) is 0.182. The maximum atomic E-state index is 9.17.